The van der Waals surface area contributed by atoms with Crippen molar-refractivity contribution in [3.05, 3.63) is 22.9 Å². The number of fused-ring (bicyclic) bond motifs is 1. The van der Waals surface area contributed by atoms with Gasteiger partial charge in [0.1, 0.15) is 11.4 Å². The molecule has 1 atom stereocenters. The Morgan fingerprint density at radius 1 is 1.56 bits per heavy atom. The summed E-state index contributed by atoms with van der Waals surface area (Å²) in [5.41, 5.74) is 1.89. The molecule has 1 unspecified atom stereocenters. The minimum absolute atomic E-state index is 0.348. The van der Waals surface area contributed by atoms with Gasteiger partial charge in [0, 0.05) is 13.1 Å². The summed E-state index contributed by atoms with van der Waals surface area (Å²) in [7, 11) is 4.91. The van der Waals surface area contributed by atoms with Crippen LogP contribution in [-0.2, 0) is 0 Å². The van der Waals surface area contributed by atoms with Crippen LogP contribution in [0.25, 0.3) is 0 Å². The summed E-state index contributed by atoms with van der Waals surface area (Å²) in [4.78, 5) is 12.7. The Morgan fingerprint density at radius 2 is 2.25 bits per heavy atom. The number of nitrogens with zero attached hydrogens (tertiary/aromatic N) is 2. The van der Waals surface area contributed by atoms with Gasteiger partial charge in [-0.25, -0.2) is 0 Å². The van der Waals surface area contributed by atoms with E-state index in [1.165, 1.54) is 7.11 Å². The minimum atomic E-state index is -0.471. The van der Waals surface area contributed by atoms with Gasteiger partial charge in [-0.05, 0) is 6.07 Å². The summed E-state index contributed by atoms with van der Waals surface area (Å²) in [6.07, 6.45) is 0.737. The lowest BCUT2D eigenvalue weighted by Gasteiger charge is -2.33. The minimum Gasteiger partial charge on any atom is -0.626 e. The van der Waals surface area contributed by atoms with Crippen molar-refractivity contribution in [2.45, 2.75) is 0 Å². The molecule has 0 aromatic heterocycles. The van der Waals surface area contributed by atoms with Crippen LogP contribution in [0.3, 0.4) is 0 Å². The van der Waals surface area contributed by atoms with Gasteiger partial charge in [0.2, 0.25) is 0 Å². The maximum Gasteiger partial charge on any atom is 0.161 e. The van der Waals surface area contributed by atoms with Crippen LogP contribution < -0.4 is 14.3 Å². The quantitative estimate of drug-likeness (QED) is 0.430. The Labute approximate surface area is 94.0 Å². The van der Waals surface area contributed by atoms with Crippen molar-refractivity contribution < 1.29 is 9.53 Å². The number of anilines is 1. The summed E-state index contributed by atoms with van der Waals surface area (Å²) < 4.78 is 4.62. The highest BCUT2D eigenvalue weighted by atomic mass is 16.5. The first-order valence-corrected chi connectivity index (χ1v) is 4.95. The third-order valence-corrected chi connectivity index (χ3v) is 2.86. The van der Waals surface area contributed by atoms with Gasteiger partial charge >= 0.3 is 0 Å². The summed E-state index contributed by atoms with van der Waals surface area (Å²) in [6.45, 7) is 0.348. The second-order valence-corrected chi connectivity index (χ2v) is 4.14. The number of ether oxygens (including phenoxy) is 1. The molecule has 2 rings (SSSR count). The van der Waals surface area contributed by atoms with Crippen molar-refractivity contribution in [3.63, 3.8) is 0 Å². The van der Waals surface area contributed by atoms with Gasteiger partial charge < -0.3 is 19.5 Å². The molecule has 0 bridgehead atoms. The zero-order valence-corrected chi connectivity index (χ0v) is 9.56. The number of hydroxylamine groups is 2. The lowest BCUT2D eigenvalue weighted by atomic mass is 10.1. The molecule has 1 aliphatic rings. The van der Waals surface area contributed by atoms with Crippen LogP contribution in [0.4, 0.5) is 11.4 Å². The molecule has 1 heterocycles. The average Bonchev–Trinajstić information content (AvgIpc) is 2.47. The van der Waals surface area contributed by atoms with E-state index in [0.717, 1.165) is 12.0 Å². The zero-order chi connectivity index (χ0) is 11.9. The molecule has 0 radical (unpaired) electrons. The Balaban J connectivity index is 2.64. The molecule has 1 aromatic rings. The molecule has 0 saturated heterocycles. The summed E-state index contributed by atoms with van der Waals surface area (Å²) in [5.74, 6) is 0.448. The van der Waals surface area contributed by atoms with Crippen LogP contribution in [0.1, 0.15) is 10.4 Å². The predicted octanol–water partition coefficient (Wildman–Crippen LogP) is 1.35. The Morgan fingerprint density at radius 3 is 2.81 bits per heavy atom. The van der Waals surface area contributed by atoms with Crippen molar-refractivity contribution in [3.8, 4) is 5.75 Å². The molecule has 0 fully saturated rings. The summed E-state index contributed by atoms with van der Waals surface area (Å²) in [6, 6.07) is 3.35. The van der Waals surface area contributed by atoms with Gasteiger partial charge in [-0.2, -0.15) is 0 Å². The Kier molecular flexibility index (Phi) is 2.36. The number of rotatable bonds is 2. The summed E-state index contributed by atoms with van der Waals surface area (Å²) >= 11 is 0. The molecule has 0 aliphatic carbocycles. The number of quaternary nitrogens is 1. The van der Waals surface area contributed by atoms with Gasteiger partial charge in [0.25, 0.3) is 0 Å². The third kappa shape index (κ3) is 1.45. The standard InChI is InChI=1S/C11H14N2O3/c1-12-7-13(2,15)10-5-11(16-3)8(6-14)4-9(10)12/h4-6H,7H2,1-3H3. The van der Waals surface area contributed by atoms with E-state index in [-0.39, 0.29) is 0 Å². The van der Waals surface area contributed by atoms with E-state index in [1.54, 1.807) is 19.2 Å². The lowest BCUT2D eigenvalue weighted by molar-refractivity contribution is 0.112. The van der Waals surface area contributed by atoms with Crippen LogP contribution in [0.5, 0.6) is 5.75 Å². The molecule has 86 valence electrons. The number of methoxy groups -OCH3 is 1. The maximum absolute atomic E-state index is 12.2. The van der Waals surface area contributed by atoms with E-state index in [0.29, 0.717) is 23.7 Å². The van der Waals surface area contributed by atoms with Crippen LogP contribution in [0.2, 0.25) is 0 Å². The molecular weight excluding hydrogens is 208 g/mol. The number of hydrogen-bond acceptors (Lipinski definition) is 4. The van der Waals surface area contributed by atoms with Gasteiger partial charge in [0.05, 0.1) is 19.7 Å². The molecule has 0 saturated carbocycles. The lowest BCUT2D eigenvalue weighted by Crippen LogP contribution is -2.40. The van der Waals surface area contributed by atoms with E-state index in [2.05, 4.69) is 0 Å². The van der Waals surface area contributed by atoms with Crippen LogP contribution in [-0.4, -0.2) is 34.2 Å². The number of carbonyl (C=O) groups excluding carboxylic acids is 1. The number of carbonyl (C=O) groups is 1. The maximum atomic E-state index is 12.2. The first-order chi connectivity index (χ1) is 7.49. The number of hydrogen-bond donors (Lipinski definition) is 0. The predicted molar refractivity (Wildman–Crippen MR) is 62.7 cm³/mol. The van der Waals surface area contributed by atoms with Crippen molar-refractivity contribution >= 4 is 17.7 Å². The topological polar surface area (TPSA) is 52.6 Å². The molecule has 5 heteroatoms. The van der Waals surface area contributed by atoms with Gasteiger partial charge in [-0.1, -0.05) is 0 Å². The molecule has 16 heavy (non-hydrogen) atoms. The Bertz CT molecular complexity index is 443. The van der Waals surface area contributed by atoms with E-state index in [4.69, 9.17) is 4.74 Å². The fourth-order valence-electron chi connectivity index (χ4n) is 2.08. The van der Waals surface area contributed by atoms with Crippen molar-refractivity contribution in [2.75, 3.05) is 32.8 Å². The first kappa shape index (κ1) is 10.9. The zero-order valence-electron chi connectivity index (χ0n) is 9.56. The van der Waals surface area contributed by atoms with E-state index >= 15 is 0 Å². The van der Waals surface area contributed by atoms with Crippen molar-refractivity contribution in [1.29, 1.82) is 0 Å². The van der Waals surface area contributed by atoms with Crippen LogP contribution >= 0.6 is 0 Å². The molecule has 1 aliphatic heterocycles. The monoisotopic (exact) mass is 222 g/mol. The van der Waals surface area contributed by atoms with Crippen LogP contribution in [0, 0.1) is 5.21 Å². The normalized spacial score (nSPS) is 23.1. The second-order valence-electron chi connectivity index (χ2n) is 4.14. The molecule has 5 nitrogen and oxygen atoms in total. The fraction of sp³-hybridized carbons (Fsp3) is 0.364. The number of aldehydes is 1. The highest BCUT2D eigenvalue weighted by Crippen LogP contribution is 2.42. The van der Waals surface area contributed by atoms with E-state index in [1.807, 2.05) is 11.9 Å². The SMILES string of the molecule is COc1cc2c(cc1C=O)N(C)C[N+]2(C)[O-]. The first-order valence-electron chi connectivity index (χ1n) is 4.95. The van der Waals surface area contributed by atoms with Gasteiger partial charge in [0.15, 0.2) is 18.6 Å². The smallest absolute Gasteiger partial charge is 0.161 e. The Hall–Kier alpha value is -1.59. The third-order valence-electron chi connectivity index (χ3n) is 2.86. The second kappa shape index (κ2) is 3.47. The van der Waals surface area contributed by atoms with Crippen molar-refractivity contribution in [2.24, 2.45) is 0 Å². The van der Waals surface area contributed by atoms with Gasteiger partial charge in [-0.3, -0.25) is 4.79 Å². The fourth-order valence-corrected chi connectivity index (χ4v) is 2.08. The highest BCUT2D eigenvalue weighted by Gasteiger charge is 2.32. The highest BCUT2D eigenvalue weighted by molar-refractivity contribution is 5.87. The molecule has 1 aromatic carbocycles. The molecular formula is C11H14N2O3. The van der Waals surface area contributed by atoms with E-state index in [9.17, 15) is 10.0 Å². The largest absolute Gasteiger partial charge is 0.626 e. The summed E-state index contributed by atoms with van der Waals surface area (Å²) in [5, 5.41) is 12.2. The van der Waals surface area contributed by atoms with Crippen molar-refractivity contribution in [1.82, 2.24) is 4.65 Å². The molecule has 0 spiro atoms. The van der Waals surface area contributed by atoms with E-state index < -0.39 is 4.65 Å². The average molecular weight is 222 g/mol. The van der Waals surface area contributed by atoms with Gasteiger partial charge in [-0.15, -0.1) is 0 Å². The molecule has 0 amide bonds. The van der Waals surface area contributed by atoms with Crippen LogP contribution in [0.15, 0.2) is 12.1 Å². The molecule has 0 N–H and O–H groups in total. The number of benzene rings is 1.